The number of anilines is 3. The van der Waals surface area contributed by atoms with Gasteiger partial charge in [-0.3, -0.25) is 9.89 Å². The lowest BCUT2D eigenvalue weighted by atomic mass is 9.91. The van der Waals surface area contributed by atoms with Crippen LogP contribution in [0.25, 0.3) is 11.1 Å². The minimum atomic E-state index is -4.81. The van der Waals surface area contributed by atoms with Gasteiger partial charge in [0.05, 0.1) is 5.56 Å². The molecule has 2 aromatic carbocycles. The molecule has 1 aliphatic rings. The minimum absolute atomic E-state index is 0.336. The Morgan fingerprint density at radius 3 is 2.49 bits per heavy atom. The van der Waals surface area contributed by atoms with Crippen LogP contribution < -0.4 is 16.0 Å². The standard InChI is InChI=1S/C30H32F4N8O/c1-3-41-11-13-42(14-12-41)27-17-25(36-18(2)37-27)38-26-16-20(39-40-26)9-7-19-8-10-24(31)22(15-19)28-21(29(35)43)5-4-6-23(28)30(32,33)34/h4-6,8,10,15-17H,3,7,9,11-14H2,1-2H3,(H2,35,43)(H2,36,37,38,39,40). The molecule has 0 radical (unpaired) electrons. The number of carbonyl (C=O) groups is 1. The van der Waals surface area contributed by atoms with Crippen molar-refractivity contribution in [3.8, 4) is 11.1 Å². The number of benzene rings is 2. The fourth-order valence-electron chi connectivity index (χ4n) is 5.24. The Bertz CT molecular complexity index is 1610. The highest BCUT2D eigenvalue weighted by Crippen LogP contribution is 2.40. The first-order chi connectivity index (χ1) is 20.5. The Kier molecular flexibility index (Phi) is 8.62. The van der Waals surface area contributed by atoms with E-state index < -0.39 is 34.6 Å². The fraction of sp³-hybridized carbons (Fsp3) is 0.333. The highest BCUT2D eigenvalue weighted by atomic mass is 19.4. The zero-order valence-corrected chi connectivity index (χ0v) is 23.8. The van der Waals surface area contributed by atoms with Crippen LogP contribution in [0.4, 0.5) is 35.0 Å². The molecule has 1 fully saturated rings. The number of aryl methyl sites for hydroxylation is 3. The maximum Gasteiger partial charge on any atom is 0.417 e. The number of alkyl halides is 3. The summed E-state index contributed by atoms with van der Waals surface area (Å²) in [5, 5.41) is 10.5. The minimum Gasteiger partial charge on any atom is -0.366 e. The van der Waals surface area contributed by atoms with Gasteiger partial charge in [0, 0.05) is 60.7 Å². The number of H-pyrrole nitrogens is 1. The second-order valence-corrected chi connectivity index (χ2v) is 10.4. The molecule has 5 rings (SSSR count). The van der Waals surface area contributed by atoms with E-state index in [0.717, 1.165) is 68.5 Å². The number of hydrogen-bond acceptors (Lipinski definition) is 7. The van der Waals surface area contributed by atoms with Gasteiger partial charge in [0.2, 0.25) is 5.91 Å². The van der Waals surface area contributed by atoms with E-state index in [1.165, 1.54) is 12.1 Å². The largest absolute Gasteiger partial charge is 0.417 e. The molecule has 4 aromatic rings. The second kappa shape index (κ2) is 12.4. The zero-order valence-electron chi connectivity index (χ0n) is 23.8. The van der Waals surface area contributed by atoms with Crippen LogP contribution in [0.3, 0.4) is 0 Å². The molecular weight excluding hydrogens is 564 g/mol. The first-order valence-electron chi connectivity index (χ1n) is 13.9. The number of halogens is 4. The predicted octanol–water partition coefficient (Wildman–Crippen LogP) is 5.10. The summed E-state index contributed by atoms with van der Waals surface area (Å²) in [4.78, 5) is 25.7. The summed E-state index contributed by atoms with van der Waals surface area (Å²) in [7, 11) is 0. The van der Waals surface area contributed by atoms with Crippen molar-refractivity contribution in [3.05, 3.63) is 82.6 Å². The molecule has 4 N–H and O–H groups in total. The van der Waals surface area contributed by atoms with Crippen LogP contribution in [-0.2, 0) is 19.0 Å². The molecule has 3 heterocycles. The quantitative estimate of drug-likeness (QED) is 0.230. The van der Waals surface area contributed by atoms with Gasteiger partial charge in [0.25, 0.3) is 0 Å². The van der Waals surface area contributed by atoms with Gasteiger partial charge < -0.3 is 20.9 Å². The van der Waals surface area contributed by atoms with Crippen LogP contribution in [0.5, 0.6) is 0 Å². The SMILES string of the molecule is CCN1CCN(c2cc(Nc3cc(CCc4ccc(F)c(-c5c(C(N)=O)cccc5C(F)(F)F)c4)[nH]n3)nc(C)n2)CC1. The molecule has 0 aliphatic carbocycles. The molecule has 1 aliphatic heterocycles. The van der Waals surface area contributed by atoms with E-state index >= 15 is 0 Å². The van der Waals surface area contributed by atoms with Crippen LogP contribution in [0.15, 0.2) is 48.5 Å². The van der Waals surface area contributed by atoms with Gasteiger partial charge in [-0.1, -0.05) is 19.1 Å². The zero-order chi connectivity index (χ0) is 30.7. The molecule has 0 atom stereocenters. The second-order valence-electron chi connectivity index (χ2n) is 10.4. The third-order valence-corrected chi connectivity index (χ3v) is 7.47. The van der Waals surface area contributed by atoms with Crippen LogP contribution in [0.2, 0.25) is 0 Å². The Morgan fingerprint density at radius 2 is 1.79 bits per heavy atom. The van der Waals surface area contributed by atoms with E-state index in [0.29, 0.717) is 35.9 Å². The van der Waals surface area contributed by atoms with Crippen LogP contribution in [0, 0.1) is 12.7 Å². The summed E-state index contributed by atoms with van der Waals surface area (Å²) in [5.74, 6) is 0.666. The third-order valence-electron chi connectivity index (χ3n) is 7.47. The van der Waals surface area contributed by atoms with Gasteiger partial charge in [-0.05, 0) is 56.1 Å². The lowest BCUT2D eigenvalue weighted by Crippen LogP contribution is -2.46. The smallest absolute Gasteiger partial charge is 0.366 e. The first kappa shape index (κ1) is 30.0. The molecule has 2 aromatic heterocycles. The van der Waals surface area contributed by atoms with Gasteiger partial charge in [-0.25, -0.2) is 14.4 Å². The number of piperazine rings is 1. The van der Waals surface area contributed by atoms with E-state index in [1.807, 2.05) is 19.1 Å². The van der Waals surface area contributed by atoms with Gasteiger partial charge in [-0.2, -0.15) is 18.3 Å². The highest BCUT2D eigenvalue weighted by Gasteiger charge is 2.36. The average molecular weight is 597 g/mol. The van der Waals surface area contributed by atoms with E-state index in [-0.39, 0.29) is 5.56 Å². The van der Waals surface area contributed by atoms with Crippen molar-refractivity contribution in [2.45, 2.75) is 32.9 Å². The Labute approximate surface area is 246 Å². The molecule has 13 heteroatoms. The molecule has 1 saturated heterocycles. The van der Waals surface area contributed by atoms with Crippen molar-refractivity contribution in [2.24, 2.45) is 5.73 Å². The molecule has 0 spiro atoms. The normalized spacial score (nSPS) is 14.2. The third kappa shape index (κ3) is 6.94. The van der Waals surface area contributed by atoms with Crippen LogP contribution in [0.1, 0.15) is 39.9 Å². The lowest BCUT2D eigenvalue weighted by Gasteiger charge is -2.34. The van der Waals surface area contributed by atoms with Gasteiger partial charge in [0.15, 0.2) is 5.82 Å². The predicted molar refractivity (Wildman–Crippen MR) is 156 cm³/mol. The number of aromatic nitrogens is 4. The Balaban J connectivity index is 1.30. The lowest BCUT2D eigenvalue weighted by molar-refractivity contribution is -0.137. The number of nitrogens with two attached hydrogens (primary N) is 1. The Hall–Kier alpha value is -4.52. The molecule has 1 amide bonds. The summed E-state index contributed by atoms with van der Waals surface area (Å²) < 4.78 is 56.3. The molecule has 0 bridgehead atoms. The van der Waals surface area contributed by atoms with Crippen molar-refractivity contribution in [1.82, 2.24) is 25.1 Å². The van der Waals surface area contributed by atoms with Crippen molar-refractivity contribution < 1.29 is 22.4 Å². The Morgan fingerprint density at radius 1 is 1.02 bits per heavy atom. The van der Waals surface area contributed by atoms with E-state index in [4.69, 9.17) is 5.73 Å². The maximum atomic E-state index is 14.9. The van der Waals surface area contributed by atoms with Gasteiger partial charge in [-0.15, -0.1) is 0 Å². The number of amides is 1. The van der Waals surface area contributed by atoms with E-state index in [2.05, 4.69) is 42.2 Å². The average Bonchev–Trinajstić information content (AvgIpc) is 3.42. The number of primary amides is 1. The van der Waals surface area contributed by atoms with Crippen molar-refractivity contribution in [2.75, 3.05) is 42.9 Å². The van der Waals surface area contributed by atoms with Crippen LogP contribution >= 0.6 is 0 Å². The molecule has 0 unspecified atom stereocenters. The number of nitrogens with zero attached hydrogens (tertiary/aromatic N) is 5. The van der Waals surface area contributed by atoms with E-state index in [9.17, 15) is 22.4 Å². The number of hydrogen-bond donors (Lipinski definition) is 3. The first-order valence-corrected chi connectivity index (χ1v) is 13.9. The van der Waals surface area contributed by atoms with E-state index in [1.54, 1.807) is 0 Å². The molecule has 43 heavy (non-hydrogen) atoms. The van der Waals surface area contributed by atoms with Gasteiger partial charge >= 0.3 is 6.18 Å². The van der Waals surface area contributed by atoms with Crippen molar-refractivity contribution in [3.63, 3.8) is 0 Å². The summed E-state index contributed by atoms with van der Waals surface area (Å²) in [6.45, 7) is 8.72. The number of likely N-dealkylation sites (N-methyl/N-ethyl adjacent to an activating group) is 1. The maximum absolute atomic E-state index is 14.9. The summed E-state index contributed by atoms with van der Waals surface area (Å²) in [5.41, 5.74) is 4.25. The number of rotatable bonds is 9. The molecule has 9 nitrogen and oxygen atoms in total. The molecule has 0 saturated carbocycles. The topological polar surface area (TPSA) is 116 Å². The summed E-state index contributed by atoms with van der Waals surface area (Å²) >= 11 is 0. The monoisotopic (exact) mass is 596 g/mol. The summed E-state index contributed by atoms with van der Waals surface area (Å²) in [6, 6.07) is 10.7. The fourth-order valence-corrected chi connectivity index (χ4v) is 5.24. The van der Waals surface area contributed by atoms with Crippen LogP contribution in [-0.4, -0.2) is 63.7 Å². The molecule has 226 valence electrons. The number of aromatic amines is 1. The molecular formula is C30H32F4N8O. The van der Waals surface area contributed by atoms with Gasteiger partial charge in [0.1, 0.15) is 23.3 Å². The number of nitrogens with one attached hydrogen (secondary N) is 2. The number of carbonyl (C=O) groups excluding carboxylic acids is 1. The van der Waals surface area contributed by atoms with Crippen molar-refractivity contribution in [1.29, 1.82) is 0 Å². The van der Waals surface area contributed by atoms with Crippen molar-refractivity contribution >= 4 is 23.4 Å². The summed E-state index contributed by atoms with van der Waals surface area (Å²) in [6.07, 6.45) is -4.00. The highest BCUT2D eigenvalue weighted by molar-refractivity contribution is 6.01.